The fourth-order valence-corrected chi connectivity index (χ4v) is 2.30. The zero-order valence-corrected chi connectivity index (χ0v) is 11.0. The number of para-hydroxylation sites is 1. The average Bonchev–Trinajstić information content (AvgIpc) is 2.53. The van der Waals surface area contributed by atoms with E-state index in [0.717, 1.165) is 5.56 Å². The molecule has 0 aliphatic rings. The number of fused-ring (bicyclic) bond motifs is 1. The van der Waals surface area contributed by atoms with Crippen LogP contribution in [0.5, 0.6) is 0 Å². The van der Waals surface area contributed by atoms with Gasteiger partial charge in [0.15, 0.2) is 0 Å². The van der Waals surface area contributed by atoms with Gasteiger partial charge in [0.05, 0.1) is 0 Å². The first-order chi connectivity index (χ1) is 7.66. The molecule has 2 rings (SSSR count). The van der Waals surface area contributed by atoms with E-state index in [4.69, 9.17) is 10.8 Å². The zero-order valence-electron chi connectivity index (χ0n) is 10.2. The Kier molecular flexibility index (Phi) is 4.57. The van der Waals surface area contributed by atoms with Gasteiger partial charge < -0.3 is 15.4 Å². The average molecular weight is 255 g/mol. The number of benzene rings is 1. The quantitative estimate of drug-likeness (QED) is 0.883. The van der Waals surface area contributed by atoms with Crippen LogP contribution in [0.2, 0.25) is 0 Å². The van der Waals surface area contributed by atoms with E-state index in [-0.39, 0.29) is 25.1 Å². The van der Waals surface area contributed by atoms with Crippen LogP contribution in [0.4, 0.5) is 0 Å². The summed E-state index contributed by atoms with van der Waals surface area (Å²) in [5.41, 5.74) is 9.65. The Balaban J connectivity index is 0.00000144. The van der Waals surface area contributed by atoms with Crippen LogP contribution in [-0.2, 0) is 7.05 Å². The Morgan fingerprint density at radius 2 is 2.00 bits per heavy atom. The van der Waals surface area contributed by atoms with E-state index < -0.39 is 0 Å². The van der Waals surface area contributed by atoms with Gasteiger partial charge in [0, 0.05) is 36.3 Å². The van der Waals surface area contributed by atoms with E-state index >= 15 is 0 Å². The van der Waals surface area contributed by atoms with Crippen molar-refractivity contribution in [3.8, 4) is 0 Å². The third-order valence-electron chi connectivity index (χ3n) is 3.26. The van der Waals surface area contributed by atoms with Crippen molar-refractivity contribution in [3.63, 3.8) is 0 Å². The highest BCUT2D eigenvalue weighted by molar-refractivity contribution is 5.86. The minimum Gasteiger partial charge on any atom is -0.396 e. The molecule has 3 nitrogen and oxygen atoms in total. The van der Waals surface area contributed by atoms with E-state index in [2.05, 4.69) is 23.6 Å². The normalized spacial score (nSPS) is 12.5. The monoisotopic (exact) mass is 254 g/mol. The molecule has 0 amide bonds. The van der Waals surface area contributed by atoms with Gasteiger partial charge in [-0.15, -0.1) is 12.4 Å². The Bertz CT molecular complexity index is 507. The van der Waals surface area contributed by atoms with E-state index in [1.165, 1.54) is 16.6 Å². The lowest BCUT2D eigenvalue weighted by Crippen LogP contribution is -2.13. The SMILES string of the molecule is Cc1c(C(N)CCO)c2ccccc2n1C.Cl. The number of hydrogen-bond donors (Lipinski definition) is 2. The molecule has 0 fully saturated rings. The Morgan fingerprint density at radius 1 is 1.35 bits per heavy atom. The van der Waals surface area contributed by atoms with Gasteiger partial charge >= 0.3 is 0 Å². The summed E-state index contributed by atoms with van der Waals surface area (Å²) >= 11 is 0. The van der Waals surface area contributed by atoms with Crippen molar-refractivity contribution in [2.75, 3.05) is 6.61 Å². The van der Waals surface area contributed by atoms with Gasteiger partial charge in [-0.1, -0.05) is 18.2 Å². The standard InChI is InChI=1S/C13H18N2O.ClH/c1-9-13(11(14)7-8-16)10-5-3-4-6-12(10)15(9)2;/h3-6,11,16H,7-8,14H2,1-2H3;1H. The molecule has 0 spiro atoms. The molecule has 0 bridgehead atoms. The third kappa shape index (κ3) is 2.32. The smallest absolute Gasteiger partial charge is 0.0483 e. The van der Waals surface area contributed by atoms with E-state index in [9.17, 15) is 0 Å². The number of rotatable bonds is 3. The first-order valence-electron chi connectivity index (χ1n) is 5.57. The first kappa shape index (κ1) is 14.0. The number of hydrogen-bond acceptors (Lipinski definition) is 2. The number of aliphatic hydroxyl groups excluding tert-OH is 1. The molecule has 2 aromatic rings. The number of halogens is 1. The second kappa shape index (κ2) is 5.54. The molecular weight excluding hydrogens is 236 g/mol. The van der Waals surface area contributed by atoms with Crippen molar-refractivity contribution in [2.24, 2.45) is 12.8 Å². The first-order valence-corrected chi connectivity index (χ1v) is 5.57. The predicted molar refractivity (Wildman–Crippen MR) is 73.5 cm³/mol. The van der Waals surface area contributed by atoms with Crippen LogP contribution >= 0.6 is 12.4 Å². The predicted octanol–water partition coefficient (Wildman–Crippen LogP) is 2.29. The van der Waals surface area contributed by atoms with Crippen molar-refractivity contribution in [2.45, 2.75) is 19.4 Å². The van der Waals surface area contributed by atoms with Crippen LogP contribution < -0.4 is 5.73 Å². The number of nitrogens with zero attached hydrogens (tertiary/aromatic N) is 1. The fraction of sp³-hybridized carbons (Fsp3) is 0.385. The van der Waals surface area contributed by atoms with Gasteiger partial charge in [0.1, 0.15) is 0 Å². The van der Waals surface area contributed by atoms with Crippen LogP contribution in [0, 0.1) is 6.92 Å². The highest BCUT2D eigenvalue weighted by atomic mass is 35.5. The highest BCUT2D eigenvalue weighted by Crippen LogP contribution is 2.29. The molecule has 4 heteroatoms. The van der Waals surface area contributed by atoms with Crippen LogP contribution in [-0.4, -0.2) is 16.3 Å². The molecule has 0 aliphatic heterocycles. The van der Waals surface area contributed by atoms with Crippen molar-refractivity contribution in [1.82, 2.24) is 4.57 Å². The summed E-state index contributed by atoms with van der Waals surface area (Å²) in [5, 5.41) is 10.2. The largest absolute Gasteiger partial charge is 0.396 e. The second-order valence-corrected chi connectivity index (χ2v) is 4.19. The van der Waals surface area contributed by atoms with Crippen LogP contribution in [0.15, 0.2) is 24.3 Å². The Labute approximate surface area is 108 Å². The molecule has 94 valence electrons. The van der Waals surface area contributed by atoms with E-state index in [0.29, 0.717) is 6.42 Å². The maximum Gasteiger partial charge on any atom is 0.0483 e. The summed E-state index contributed by atoms with van der Waals surface area (Å²) in [7, 11) is 2.05. The Hall–Kier alpha value is -1.03. The van der Waals surface area contributed by atoms with E-state index in [1.807, 2.05) is 19.2 Å². The van der Waals surface area contributed by atoms with Gasteiger partial charge in [0.2, 0.25) is 0 Å². The molecule has 0 radical (unpaired) electrons. The van der Waals surface area contributed by atoms with Crippen molar-refractivity contribution in [3.05, 3.63) is 35.5 Å². The van der Waals surface area contributed by atoms with Gasteiger partial charge in [-0.2, -0.15) is 0 Å². The lowest BCUT2D eigenvalue weighted by Gasteiger charge is -2.10. The van der Waals surface area contributed by atoms with Crippen molar-refractivity contribution in [1.29, 1.82) is 0 Å². The molecule has 1 aromatic heterocycles. The summed E-state index contributed by atoms with van der Waals surface area (Å²) in [4.78, 5) is 0. The fourth-order valence-electron chi connectivity index (χ4n) is 2.30. The topological polar surface area (TPSA) is 51.2 Å². The van der Waals surface area contributed by atoms with Gasteiger partial charge in [-0.05, 0) is 25.0 Å². The molecule has 1 aromatic carbocycles. The summed E-state index contributed by atoms with van der Waals surface area (Å²) < 4.78 is 2.15. The molecule has 1 unspecified atom stereocenters. The molecule has 0 saturated heterocycles. The third-order valence-corrected chi connectivity index (χ3v) is 3.26. The zero-order chi connectivity index (χ0) is 11.7. The van der Waals surface area contributed by atoms with E-state index in [1.54, 1.807) is 0 Å². The lowest BCUT2D eigenvalue weighted by atomic mass is 10.0. The molecule has 0 aliphatic carbocycles. The highest BCUT2D eigenvalue weighted by Gasteiger charge is 2.16. The van der Waals surface area contributed by atoms with Crippen molar-refractivity contribution >= 4 is 23.3 Å². The summed E-state index contributed by atoms with van der Waals surface area (Å²) in [6.07, 6.45) is 0.606. The van der Waals surface area contributed by atoms with Crippen LogP contribution in [0.1, 0.15) is 23.7 Å². The van der Waals surface area contributed by atoms with Crippen molar-refractivity contribution < 1.29 is 5.11 Å². The number of aryl methyl sites for hydroxylation is 1. The van der Waals surface area contributed by atoms with Crippen LogP contribution in [0.3, 0.4) is 0 Å². The molecule has 1 heterocycles. The minimum atomic E-state index is -0.0869. The number of nitrogens with two attached hydrogens (primary N) is 1. The van der Waals surface area contributed by atoms with Gasteiger partial charge in [-0.3, -0.25) is 0 Å². The Morgan fingerprint density at radius 3 is 2.65 bits per heavy atom. The molecule has 0 saturated carbocycles. The maximum absolute atomic E-state index is 8.98. The molecule has 17 heavy (non-hydrogen) atoms. The summed E-state index contributed by atoms with van der Waals surface area (Å²) in [5.74, 6) is 0. The van der Waals surface area contributed by atoms with Gasteiger partial charge in [-0.25, -0.2) is 0 Å². The molecular formula is C13H19ClN2O. The minimum absolute atomic E-state index is 0. The molecule has 1 atom stereocenters. The number of aliphatic hydroxyl groups is 1. The van der Waals surface area contributed by atoms with Gasteiger partial charge in [0.25, 0.3) is 0 Å². The second-order valence-electron chi connectivity index (χ2n) is 4.19. The number of aromatic nitrogens is 1. The summed E-state index contributed by atoms with van der Waals surface area (Å²) in [6.45, 7) is 2.20. The summed E-state index contributed by atoms with van der Waals surface area (Å²) in [6, 6.07) is 8.16. The molecule has 3 N–H and O–H groups in total. The lowest BCUT2D eigenvalue weighted by molar-refractivity contribution is 0.276. The maximum atomic E-state index is 8.98. The van der Waals surface area contributed by atoms with Crippen LogP contribution in [0.25, 0.3) is 10.9 Å².